The van der Waals surface area contributed by atoms with Gasteiger partial charge in [-0.3, -0.25) is 4.79 Å². The lowest BCUT2D eigenvalue weighted by Gasteiger charge is -2.26. The summed E-state index contributed by atoms with van der Waals surface area (Å²) in [6.45, 7) is 9.58. The number of β-amino-alcohol motifs (C(OH)–C–C–N with tert-alkyl or cyclic N) is 1. The third-order valence-corrected chi connectivity index (χ3v) is 6.70. The molecule has 1 aromatic carbocycles. The number of H-pyrrole nitrogens is 1. The van der Waals surface area contributed by atoms with E-state index in [2.05, 4.69) is 9.97 Å². The van der Waals surface area contributed by atoms with Gasteiger partial charge in [0.2, 0.25) is 0 Å². The molecule has 4 rings (SSSR count). The molecule has 2 atom stereocenters. The average molecular weight is 590 g/mol. The molecule has 2 N–H and O–H groups in total. The van der Waals surface area contributed by atoms with E-state index in [0.717, 1.165) is 22.3 Å². The van der Waals surface area contributed by atoms with Crippen LogP contribution in [0.15, 0.2) is 28.4 Å². The number of nitrogens with zero attached hydrogens (tertiary/aromatic N) is 2. The van der Waals surface area contributed by atoms with Crippen LogP contribution < -0.4 is 5.43 Å². The third-order valence-electron chi connectivity index (χ3n) is 5.34. The maximum Gasteiger partial charge on any atom is 0.434 e. The highest BCUT2D eigenvalue weighted by atomic mass is 35.5. The van der Waals surface area contributed by atoms with Gasteiger partial charge in [0.15, 0.2) is 11.1 Å². The van der Waals surface area contributed by atoms with Crippen LogP contribution in [0.1, 0.15) is 45.4 Å². The molecule has 0 radical (unpaired) electrons. The van der Waals surface area contributed by atoms with Crippen molar-refractivity contribution in [3.63, 3.8) is 0 Å². The zero-order chi connectivity index (χ0) is 29.7. The number of ether oxygens (including phenoxy) is 1. The van der Waals surface area contributed by atoms with Crippen LogP contribution in [0.3, 0.4) is 0 Å². The fraction of sp³-hybridized carbons (Fsp3) is 0.440. The smallest absolute Gasteiger partial charge is 0.434 e. The van der Waals surface area contributed by atoms with Crippen LogP contribution in [0.4, 0.5) is 18.0 Å². The lowest BCUT2D eigenvalue weighted by atomic mass is 10.1. The number of alkyl halides is 3. The predicted molar refractivity (Wildman–Crippen MR) is 138 cm³/mol. The Kier molecular flexibility index (Phi) is 10.4. The summed E-state index contributed by atoms with van der Waals surface area (Å²) in [5, 5.41) is 11.1. The molecule has 3 heterocycles. The highest BCUT2D eigenvalue weighted by Crippen LogP contribution is 2.33. The number of thiazole rings is 1. The minimum atomic E-state index is -4.51. The van der Waals surface area contributed by atoms with Gasteiger partial charge in [0, 0.05) is 22.9 Å². The van der Waals surface area contributed by atoms with Gasteiger partial charge in [-0.2, -0.15) is 22.8 Å². The summed E-state index contributed by atoms with van der Waals surface area (Å²) in [4.78, 5) is 48.0. The Morgan fingerprint density at radius 1 is 1.28 bits per heavy atom. The number of hydrogen-bond acceptors (Lipinski definition) is 8. The molecule has 14 heteroatoms. The first-order chi connectivity index (χ1) is 18.0. The molecule has 1 amide bonds. The fourth-order valence-corrected chi connectivity index (χ4v) is 4.62. The lowest BCUT2D eigenvalue weighted by Crippen LogP contribution is -2.39. The van der Waals surface area contributed by atoms with Gasteiger partial charge < -0.3 is 19.7 Å². The second-order valence-electron chi connectivity index (χ2n) is 9.66. The first-order valence-corrected chi connectivity index (χ1v) is 12.8. The summed E-state index contributed by atoms with van der Waals surface area (Å²) in [7, 11) is 0. The molecule has 0 bridgehead atoms. The van der Waals surface area contributed by atoms with Gasteiger partial charge in [0.1, 0.15) is 10.6 Å². The van der Waals surface area contributed by atoms with Gasteiger partial charge in [-0.05, 0) is 52.7 Å². The molecule has 0 saturated carbocycles. The average Bonchev–Trinajstić information content (AvgIpc) is 3.43. The molecule has 1 fully saturated rings. The first-order valence-electron chi connectivity index (χ1n) is 11.5. The lowest BCUT2D eigenvalue weighted by molar-refractivity contribution is -0.191. The largest absolute Gasteiger partial charge is 0.444 e. The van der Waals surface area contributed by atoms with Gasteiger partial charge in [-0.25, -0.2) is 9.78 Å². The number of pyridine rings is 1. The molecule has 212 valence electrons. The number of likely N-dealkylation sites (tertiary alicyclic amines) is 1. The Hall–Kier alpha value is -3.25. The van der Waals surface area contributed by atoms with Crippen LogP contribution in [0.5, 0.6) is 0 Å². The van der Waals surface area contributed by atoms with Crippen LogP contribution in [-0.4, -0.2) is 56.5 Å². The zero-order valence-corrected chi connectivity index (χ0v) is 23.3. The molecule has 1 saturated heterocycles. The number of aliphatic hydroxyl groups excluding tert-OH is 1. The summed E-state index contributed by atoms with van der Waals surface area (Å²) in [5.74, 6) is 0. The molecule has 0 unspecified atom stereocenters. The maximum absolute atomic E-state index is 12.6. The number of aromatic amines is 1. The summed E-state index contributed by atoms with van der Waals surface area (Å²) in [6.07, 6.45) is -4.36. The number of hydrogen-bond donors (Lipinski definition) is 2. The van der Waals surface area contributed by atoms with E-state index in [0.29, 0.717) is 28.9 Å². The van der Waals surface area contributed by atoms with E-state index in [1.54, 1.807) is 24.0 Å². The summed E-state index contributed by atoms with van der Waals surface area (Å²) < 4.78 is 43.1. The van der Waals surface area contributed by atoms with E-state index in [-0.39, 0.29) is 34.4 Å². The minimum absolute atomic E-state index is 0.0693. The summed E-state index contributed by atoms with van der Waals surface area (Å²) >= 11 is 6.98. The Balaban J connectivity index is 0.000000270. The Bertz CT molecular complexity index is 1410. The molecule has 9 nitrogen and oxygen atoms in total. The second kappa shape index (κ2) is 12.7. The van der Waals surface area contributed by atoms with Crippen molar-refractivity contribution in [2.45, 2.75) is 65.0 Å². The highest BCUT2D eigenvalue weighted by Gasteiger charge is 2.34. The SMILES string of the molecule is C[C@H]1C[C@@H](O)CN1C(=O)OC(C)(C)C.Cc1ccc2c(=O)cc(-c3nc(C(F)(F)F)cs3)[nH]c2c1Cl.O=C=O. The standard InChI is InChI=1S/C14H8ClF3N2OS.C10H19NO3.CO2/c1-6-2-3-7-9(21)4-8(19-12(7)11(6)15)13-20-10(5-22-13)14(16,17)18;1-7-5-8(12)6-11(7)9(13)14-10(2,3)4;2-1-3/h2-5H,1H3,(H,19,21);7-8,12H,5-6H2,1-4H3;/t;7-,8+;/m.0./s1. The molecule has 1 aliphatic heterocycles. The molecular weight excluding hydrogens is 563 g/mol. The fourth-order valence-electron chi connectivity index (χ4n) is 3.61. The van der Waals surface area contributed by atoms with Crippen molar-refractivity contribution in [3.8, 4) is 10.7 Å². The Morgan fingerprint density at radius 3 is 2.38 bits per heavy atom. The van der Waals surface area contributed by atoms with Gasteiger partial charge in [0.05, 0.1) is 28.9 Å². The van der Waals surface area contributed by atoms with Crippen molar-refractivity contribution in [1.29, 1.82) is 0 Å². The molecule has 0 spiro atoms. The quantitative estimate of drug-likeness (QED) is 0.387. The normalized spacial score (nSPS) is 17.0. The number of benzene rings is 1. The number of halogens is 4. The Labute approximate surface area is 230 Å². The van der Waals surface area contributed by atoms with Gasteiger partial charge in [0.25, 0.3) is 0 Å². The van der Waals surface area contributed by atoms with Crippen LogP contribution >= 0.6 is 22.9 Å². The van der Waals surface area contributed by atoms with Crippen LogP contribution in [0.25, 0.3) is 21.6 Å². The predicted octanol–water partition coefficient (Wildman–Crippen LogP) is 5.43. The number of nitrogens with one attached hydrogen (secondary N) is 1. The van der Waals surface area contributed by atoms with E-state index in [1.165, 1.54) is 6.07 Å². The summed E-state index contributed by atoms with van der Waals surface area (Å²) in [6, 6.07) is 4.64. The molecule has 39 heavy (non-hydrogen) atoms. The summed E-state index contributed by atoms with van der Waals surface area (Å²) in [5.41, 5.74) is -0.404. The maximum atomic E-state index is 12.6. The number of aryl methyl sites for hydroxylation is 1. The Morgan fingerprint density at radius 2 is 1.90 bits per heavy atom. The van der Waals surface area contributed by atoms with Crippen LogP contribution in [0.2, 0.25) is 5.02 Å². The van der Waals surface area contributed by atoms with Crippen molar-refractivity contribution >= 4 is 46.1 Å². The number of carbonyl (C=O) groups is 1. The van der Waals surface area contributed by atoms with Crippen molar-refractivity contribution in [1.82, 2.24) is 14.9 Å². The van der Waals surface area contributed by atoms with Crippen LogP contribution in [0, 0.1) is 6.92 Å². The molecular formula is C25H27ClF3N3O6S. The highest BCUT2D eigenvalue weighted by molar-refractivity contribution is 7.13. The van der Waals surface area contributed by atoms with Gasteiger partial charge in [-0.15, -0.1) is 11.3 Å². The second-order valence-corrected chi connectivity index (χ2v) is 10.9. The molecule has 3 aromatic rings. The number of aliphatic hydroxyl groups is 1. The monoisotopic (exact) mass is 589 g/mol. The van der Waals surface area contributed by atoms with Crippen molar-refractivity contribution in [2.24, 2.45) is 0 Å². The van der Waals surface area contributed by atoms with Gasteiger partial charge in [-0.1, -0.05) is 17.7 Å². The minimum Gasteiger partial charge on any atom is -0.444 e. The van der Waals surface area contributed by atoms with E-state index in [9.17, 15) is 27.9 Å². The molecule has 0 aliphatic carbocycles. The number of aromatic nitrogens is 2. The number of rotatable bonds is 1. The van der Waals surface area contributed by atoms with E-state index >= 15 is 0 Å². The number of carbonyl (C=O) groups excluding carboxylic acids is 3. The first kappa shape index (κ1) is 32.0. The number of fused-ring (bicyclic) bond motifs is 1. The zero-order valence-electron chi connectivity index (χ0n) is 21.7. The van der Waals surface area contributed by atoms with E-state index < -0.39 is 23.6 Å². The van der Waals surface area contributed by atoms with Crippen molar-refractivity contribution in [3.05, 3.63) is 50.1 Å². The third kappa shape index (κ3) is 8.62. The topological polar surface area (TPSA) is 130 Å². The number of amides is 1. The molecule has 2 aromatic heterocycles. The van der Waals surface area contributed by atoms with Crippen LogP contribution in [-0.2, 0) is 20.5 Å². The van der Waals surface area contributed by atoms with Crippen molar-refractivity contribution < 1.29 is 37.4 Å². The van der Waals surface area contributed by atoms with Gasteiger partial charge >= 0.3 is 18.4 Å². The molecule has 1 aliphatic rings. The van der Waals surface area contributed by atoms with E-state index in [4.69, 9.17) is 25.9 Å². The van der Waals surface area contributed by atoms with Crippen molar-refractivity contribution in [2.75, 3.05) is 6.54 Å². The van der Waals surface area contributed by atoms with E-state index in [1.807, 2.05) is 27.7 Å².